The zero-order valence-electron chi connectivity index (χ0n) is 7.08. The molecule has 0 aliphatic heterocycles. The molecule has 0 saturated carbocycles. The number of hydrogen-bond acceptors (Lipinski definition) is 1. The molecule has 0 atom stereocenters. The van der Waals surface area contributed by atoms with E-state index in [-0.39, 0.29) is 0 Å². The Morgan fingerprint density at radius 3 is 2.50 bits per heavy atom. The lowest BCUT2D eigenvalue weighted by Crippen LogP contribution is -2.04. The van der Waals surface area contributed by atoms with Crippen molar-refractivity contribution in [3.63, 3.8) is 0 Å². The highest BCUT2D eigenvalue weighted by atomic mass is 19.4. The Labute approximate surface area is 78.9 Å². The number of halogens is 3. The van der Waals surface area contributed by atoms with E-state index >= 15 is 0 Å². The number of benzene rings is 1. The predicted molar refractivity (Wildman–Crippen MR) is 46.5 cm³/mol. The van der Waals surface area contributed by atoms with Crippen molar-refractivity contribution in [2.75, 3.05) is 0 Å². The maximum Gasteiger partial charge on any atom is 0.416 e. The molecule has 0 N–H and O–H groups in total. The molecule has 0 aliphatic carbocycles. The average Bonchev–Trinajstić information content (AvgIpc) is 2.14. The van der Waals surface area contributed by atoms with Crippen LogP contribution in [-0.4, -0.2) is 6.29 Å². The summed E-state index contributed by atoms with van der Waals surface area (Å²) < 4.78 is 36.6. The van der Waals surface area contributed by atoms with Gasteiger partial charge >= 0.3 is 6.18 Å². The van der Waals surface area contributed by atoms with Gasteiger partial charge in [-0.15, -0.1) is 0 Å². The van der Waals surface area contributed by atoms with E-state index in [0.29, 0.717) is 11.8 Å². The van der Waals surface area contributed by atoms with Gasteiger partial charge in [-0.25, -0.2) is 0 Å². The van der Waals surface area contributed by atoms with E-state index in [1.165, 1.54) is 18.2 Å². The van der Waals surface area contributed by atoms with Crippen molar-refractivity contribution in [1.82, 2.24) is 0 Å². The molecule has 0 radical (unpaired) electrons. The zero-order chi connectivity index (χ0) is 10.6. The first kappa shape index (κ1) is 10.5. The predicted octanol–water partition coefficient (Wildman–Crippen LogP) is 2.92. The van der Waals surface area contributed by atoms with Gasteiger partial charge in [0.15, 0.2) is 0 Å². The second kappa shape index (κ2) is 4.09. The summed E-state index contributed by atoms with van der Waals surface area (Å²) in [5.74, 6) is 0. The van der Waals surface area contributed by atoms with Crippen LogP contribution in [0.4, 0.5) is 13.2 Å². The molecular weight excluding hydrogens is 193 g/mol. The van der Waals surface area contributed by atoms with Gasteiger partial charge in [0.2, 0.25) is 0 Å². The van der Waals surface area contributed by atoms with E-state index in [0.717, 1.165) is 18.2 Å². The Balaban J connectivity index is 3.01. The lowest BCUT2D eigenvalue weighted by atomic mass is 10.1. The maximum atomic E-state index is 12.2. The van der Waals surface area contributed by atoms with Gasteiger partial charge in [-0.1, -0.05) is 18.2 Å². The van der Waals surface area contributed by atoms with E-state index < -0.39 is 11.7 Å². The molecule has 1 nitrogen and oxygen atoms in total. The highest BCUT2D eigenvalue weighted by molar-refractivity contribution is 5.73. The van der Waals surface area contributed by atoms with Crippen molar-refractivity contribution in [2.45, 2.75) is 6.18 Å². The summed E-state index contributed by atoms with van der Waals surface area (Å²) in [6.07, 6.45) is -1.36. The van der Waals surface area contributed by atoms with Gasteiger partial charge in [0.25, 0.3) is 0 Å². The van der Waals surface area contributed by atoms with Crippen LogP contribution in [0.25, 0.3) is 6.08 Å². The van der Waals surface area contributed by atoms with Crippen molar-refractivity contribution >= 4 is 12.4 Å². The largest absolute Gasteiger partial charge is 0.416 e. The van der Waals surface area contributed by atoms with Gasteiger partial charge in [-0.3, -0.25) is 4.79 Å². The van der Waals surface area contributed by atoms with E-state index in [2.05, 4.69) is 0 Å². The minimum Gasteiger partial charge on any atom is -0.299 e. The molecule has 1 rings (SSSR count). The second-order valence-electron chi connectivity index (χ2n) is 2.62. The van der Waals surface area contributed by atoms with Crippen LogP contribution in [0.3, 0.4) is 0 Å². The molecule has 0 unspecified atom stereocenters. The number of alkyl halides is 3. The number of aldehydes is 1. The van der Waals surface area contributed by atoms with Crippen LogP contribution in [0.15, 0.2) is 30.3 Å². The maximum absolute atomic E-state index is 12.2. The van der Waals surface area contributed by atoms with Crippen molar-refractivity contribution < 1.29 is 18.0 Å². The minimum atomic E-state index is -4.34. The summed E-state index contributed by atoms with van der Waals surface area (Å²) in [5.41, 5.74) is -0.363. The molecule has 0 fully saturated rings. The van der Waals surface area contributed by atoms with E-state index in [1.54, 1.807) is 0 Å². The minimum absolute atomic E-state index is 0.354. The molecule has 1 aromatic rings. The second-order valence-corrected chi connectivity index (χ2v) is 2.62. The third kappa shape index (κ3) is 2.73. The third-order valence-corrected chi connectivity index (χ3v) is 1.58. The van der Waals surface area contributed by atoms with Crippen LogP contribution in [-0.2, 0) is 11.0 Å². The van der Waals surface area contributed by atoms with Crippen molar-refractivity contribution in [2.24, 2.45) is 0 Å². The Morgan fingerprint density at radius 2 is 1.93 bits per heavy atom. The van der Waals surface area contributed by atoms with Gasteiger partial charge in [0.1, 0.15) is 6.29 Å². The summed E-state index contributed by atoms with van der Waals surface area (Å²) in [5, 5.41) is 0. The molecule has 74 valence electrons. The first-order valence-electron chi connectivity index (χ1n) is 3.83. The highest BCUT2D eigenvalue weighted by Crippen LogP contribution is 2.29. The molecule has 14 heavy (non-hydrogen) atoms. The third-order valence-electron chi connectivity index (χ3n) is 1.58. The number of allylic oxidation sites excluding steroid dienone is 1. The fraction of sp³-hybridized carbons (Fsp3) is 0.100. The van der Waals surface area contributed by atoms with Gasteiger partial charge in [-0.2, -0.15) is 13.2 Å². The van der Waals surface area contributed by atoms with Crippen LogP contribution in [0.5, 0.6) is 0 Å². The van der Waals surface area contributed by atoms with E-state index in [4.69, 9.17) is 0 Å². The number of rotatable bonds is 2. The fourth-order valence-corrected chi connectivity index (χ4v) is 0.969. The summed E-state index contributed by atoms with van der Waals surface area (Å²) >= 11 is 0. The number of carbonyl (C=O) groups is 1. The summed E-state index contributed by atoms with van der Waals surface area (Å²) in [6.45, 7) is 0. The number of hydrogen-bond donors (Lipinski definition) is 0. The fourth-order valence-electron chi connectivity index (χ4n) is 0.969. The van der Waals surface area contributed by atoms with Crippen LogP contribution in [0.2, 0.25) is 0 Å². The molecule has 0 saturated heterocycles. The summed E-state index contributed by atoms with van der Waals surface area (Å²) in [7, 11) is 0. The molecule has 0 amide bonds. The Hall–Kier alpha value is -1.58. The average molecular weight is 200 g/mol. The van der Waals surface area contributed by atoms with Gasteiger partial charge in [0, 0.05) is 0 Å². The van der Waals surface area contributed by atoms with E-state index in [9.17, 15) is 18.0 Å². The molecule has 0 spiro atoms. The molecule has 4 heteroatoms. The monoisotopic (exact) mass is 200 g/mol. The standard InChI is InChI=1S/C10H7F3O/c11-10(12,13)9-5-1-3-8(7-9)4-2-6-14/h1-7H/b4-2-. The molecular formula is C10H7F3O. The summed E-state index contributed by atoms with van der Waals surface area (Å²) in [4.78, 5) is 9.95. The first-order valence-corrected chi connectivity index (χ1v) is 3.83. The van der Waals surface area contributed by atoms with Gasteiger partial charge in [0.05, 0.1) is 5.56 Å². The SMILES string of the molecule is O=C/C=C\c1cccc(C(F)(F)F)c1. The van der Waals surface area contributed by atoms with Crippen LogP contribution < -0.4 is 0 Å². The van der Waals surface area contributed by atoms with Crippen molar-refractivity contribution in [3.8, 4) is 0 Å². The molecule has 0 aliphatic rings. The Kier molecular flexibility index (Phi) is 3.06. The van der Waals surface area contributed by atoms with Crippen molar-refractivity contribution in [1.29, 1.82) is 0 Å². The van der Waals surface area contributed by atoms with Gasteiger partial charge < -0.3 is 0 Å². The summed E-state index contributed by atoms with van der Waals surface area (Å²) in [6, 6.07) is 4.76. The number of carbonyl (C=O) groups excluding carboxylic acids is 1. The topological polar surface area (TPSA) is 17.1 Å². The van der Waals surface area contributed by atoms with Crippen molar-refractivity contribution in [3.05, 3.63) is 41.5 Å². The molecule has 0 bridgehead atoms. The van der Waals surface area contributed by atoms with Crippen LogP contribution >= 0.6 is 0 Å². The lowest BCUT2D eigenvalue weighted by Gasteiger charge is -2.06. The molecule has 1 aromatic carbocycles. The first-order chi connectivity index (χ1) is 6.54. The van der Waals surface area contributed by atoms with Crippen LogP contribution in [0.1, 0.15) is 11.1 Å². The molecule has 0 heterocycles. The Bertz CT molecular complexity index is 353. The molecule has 0 aromatic heterocycles. The zero-order valence-corrected chi connectivity index (χ0v) is 7.08. The van der Waals surface area contributed by atoms with Gasteiger partial charge in [-0.05, 0) is 23.8 Å². The van der Waals surface area contributed by atoms with Crippen LogP contribution in [0, 0.1) is 0 Å². The lowest BCUT2D eigenvalue weighted by molar-refractivity contribution is -0.137. The quantitative estimate of drug-likeness (QED) is 0.530. The highest BCUT2D eigenvalue weighted by Gasteiger charge is 2.30. The van der Waals surface area contributed by atoms with E-state index in [1.807, 2.05) is 0 Å². The normalized spacial score (nSPS) is 11.9. The smallest absolute Gasteiger partial charge is 0.299 e. The Morgan fingerprint density at radius 1 is 1.21 bits per heavy atom.